The summed E-state index contributed by atoms with van der Waals surface area (Å²) >= 11 is 0. The molecule has 0 radical (unpaired) electrons. The van der Waals surface area contributed by atoms with Crippen LogP contribution in [0.3, 0.4) is 0 Å². The van der Waals surface area contributed by atoms with Crippen LogP contribution < -0.4 is 11.5 Å². The summed E-state index contributed by atoms with van der Waals surface area (Å²) in [6, 6.07) is 0. The molecule has 0 spiro atoms. The van der Waals surface area contributed by atoms with E-state index in [1.54, 1.807) is 0 Å². The average Bonchev–Trinajstić information content (AvgIpc) is 2.39. The summed E-state index contributed by atoms with van der Waals surface area (Å²) < 4.78 is 0. The Morgan fingerprint density at radius 3 is 1.50 bits per heavy atom. The third-order valence-electron chi connectivity index (χ3n) is 2.14. The van der Waals surface area contributed by atoms with Crippen LogP contribution in [0.25, 0.3) is 11.6 Å². The molecule has 12 heteroatoms. The minimum atomic E-state index is -0.813. The predicted octanol–water partition coefficient (Wildman–Crippen LogP) is -0.0856. The van der Waals surface area contributed by atoms with Crippen molar-refractivity contribution < 1.29 is 9.85 Å². The number of hydrogen-bond acceptors (Lipinski definition) is 10. The van der Waals surface area contributed by atoms with E-state index in [2.05, 4.69) is 19.9 Å². The molecule has 0 aliphatic carbocycles. The van der Waals surface area contributed by atoms with Crippen LogP contribution in [0.15, 0.2) is 12.4 Å². The molecule has 0 unspecified atom stereocenters. The first-order valence-electron chi connectivity index (χ1n) is 4.94. The molecule has 0 bridgehead atoms. The summed E-state index contributed by atoms with van der Waals surface area (Å²) in [4.78, 5) is 34.3. The lowest BCUT2D eigenvalue weighted by atomic mass is 10.4. The van der Waals surface area contributed by atoms with E-state index in [0.29, 0.717) is 0 Å². The Morgan fingerprint density at radius 2 is 1.20 bits per heavy atom. The van der Waals surface area contributed by atoms with Crippen molar-refractivity contribution in [3.63, 3.8) is 0 Å². The highest BCUT2D eigenvalue weighted by Gasteiger charge is 2.25. The lowest BCUT2D eigenvalue weighted by Gasteiger charge is -1.98. The lowest BCUT2D eigenvalue weighted by molar-refractivity contribution is -0.389. The largest absolute Gasteiger partial charge is 0.391 e. The molecule has 2 aromatic heterocycles. The first-order valence-corrected chi connectivity index (χ1v) is 4.94. The van der Waals surface area contributed by atoms with Crippen LogP contribution >= 0.6 is 0 Å². The van der Waals surface area contributed by atoms with E-state index in [1.165, 1.54) is 0 Å². The van der Waals surface area contributed by atoms with Crippen LogP contribution in [0.5, 0.6) is 0 Å². The van der Waals surface area contributed by atoms with Crippen molar-refractivity contribution in [2.75, 3.05) is 11.5 Å². The SMILES string of the molecule is Nc1cnc(-c2ncc(N)c([N+](=O)[O-])n2)nc1[N+](=O)[O-]. The minimum Gasteiger partial charge on any atom is -0.391 e. The minimum absolute atomic E-state index is 0.247. The number of nitrogens with zero attached hydrogens (tertiary/aromatic N) is 6. The molecule has 4 N–H and O–H groups in total. The highest BCUT2D eigenvalue weighted by atomic mass is 16.6. The van der Waals surface area contributed by atoms with Gasteiger partial charge in [0.1, 0.15) is 11.4 Å². The molecule has 0 aliphatic heterocycles. The number of nitrogens with two attached hydrogens (primary N) is 2. The number of aromatic nitrogens is 4. The third-order valence-corrected chi connectivity index (χ3v) is 2.14. The number of rotatable bonds is 3. The highest BCUT2D eigenvalue weighted by Crippen LogP contribution is 2.23. The second kappa shape index (κ2) is 4.68. The molecule has 2 aromatic rings. The highest BCUT2D eigenvalue weighted by molar-refractivity contribution is 5.59. The van der Waals surface area contributed by atoms with Gasteiger partial charge >= 0.3 is 23.3 Å². The predicted molar refractivity (Wildman–Crippen MR) is 65.2 cm³/mol. The Balaban J connectivity index is 2.57. The van der Waals surface area contributed by atoms with Gasteiger partial charge in [-0.1, -0.05) is 0 Å². The van der Waals surface area contributed by atoms with E-state index in [1.807, 2.05) is 0 Å². The van der Waals surface area contributed by atoms with Gasteiger partial charge in [0.15, 0.2) is 0 Å². The third kappa shape index (κ3) is 2.24. The van der Waals surface area contributed by atoms with Crippen LogP contribution in [0.2, 0.25) is 0 Å². The molecule has 0 fully saturated rings. The van der Waals surface area contributed by atoms with Crippen molar-refractivity contribution in [1.29, 1.82) is 0 Å². The molecule has 0 aliphatic rings. The monoisotopic (exact) mass is 278 g/mol. The van der Waals surface area contributed by atoms with Gasteiger partial charge in [-0.3, -0.25) is 0 Å². The fourth-order valence-electron chi connectivity index (χ4n) is 1.27. The summed E-state index contributed by atoms with van der Waals surface area (Å²) in [6.45, 7) is 0. The number of anilines is 2. The lowest BCUT2D eigenvalue weighted by Crippen LogP contribution is -2.05. The molecular formula is C8H6N8O4. The molecular weight excluding hydrogens is 272 g/mol. The van der Waals surface area contributed by atoms with Crippen molar-refractivity contribution >= 4 is 23.0 Å². The number of nitro groups is 2. The maximum atomic E-state index is 10.7. The Morgan fingerprint density at radius 1 is 0.850 bits per heavy atom. The van der Waals surface area contributed by atoms with Gasteiger partial charge in [0.05, 0.1) is 12.4 Å². The van der Waals surface area contributed by atoms with E-state index in [0.717, 1.165) is 12.4 Å². The van der Waals surface area contributed by atoms with Crippen LogP contribution in [0.1, 0.15) is 0 Å². The number of hydrogen-bond donors (Lipinski definition) is 2. The van der Waals surface area contributed by atoms with Crippen molar-refractivity contribution in [3.05, 3.63) is 32.6 Å². The standard InChI is InChI=1S/C8H6N8O4/c9-3-1-11-5(13-7(3)15(17)18)6-12-2-4(10)8(14-6)16(19)20/h1-2H,9-10H2. The maximum Gasteiger partial charge on any atom is 0.390 e. The molecule has 0 saturated carbocycles. The fraction of sp³-hybridized carbons (Fsp3) is 0. The molecule has 0 atom stereocenters. The van der Waals surface area contributed by atoms with Crippen molar-refractivity contribution in [1.82, 2.24) is 19.9 Å². The van der Waals surface area contributed by atoms with Gasteiger partial charge in [0.2, 0.25) is 0 Å². The molecule has 102 valence electrons. The van der Waals surface area contributed by atoms with E-state index in [-0.39, 0.29) is 23.0 Å². The summed E-state index contributed by atoms with van der Waals surface area (Å²) in [6.07, 6.45) is 1.98. The summed E-state index contributed by atoms with van der Waals surface area (Å²) in [5.41, 5.74) is 10.2. The zero-order chi connectivity index (χ0) is 14.9. The van der Waals surface area contributed by atoms with Gasteiger partial charge in [-0.15, -0.1) is 0 Å². The fourth-order valence-corrected chi connectivity index (χ4v) is 1.27. The summed E-state index contributed by atoms with van der Waals surface area (Å²) in [5, 5.41) is 21.4. The van der Waals surface area contributed by atoms with Gasteiger partial charge in [0.25, 0.3) is 0 Å². The van der Waals surface area contributed by atoms with Crippen molar-refractivity contribution in [2.24, 2.45) is 0 Å². The first-order chi connectivity index (χ1) is 9.40. The molecule has 2 heterocycles. The Bertz CT molecular complexity index is 656. The Kier molecular flexibility index (Phi) is 3.04. The van der Waals surface area contributed by atoms with Gasteiger partial charge in [-0.05, 0) is 19.8 Å². The van der Waals surface area contributed by atoms with Gasteiger partial charge in [-0.25, -0.2) is 9.97 Å². The Labute approximate surface area is 109 Å². The molecule has 0 saturated heterocycles. The van der Waals surface area contributed by atoms with Gasteiger partial charge in [-0.2, -0.15) is 0 Å². The molecule has 20 heavy (non-hydrogen) atoms. The zero-order valence-corrected chi connectivity index (χ0v) is 9.63. The van der Waals surface area contributed by atoms with E-state index in [9.17, 15) is 20.2 Å². The van der Waals surface area contributed by atoms with Crippen molar-refractivity contribution in [3.8, 4) is 11.6 Å². The normalized spacial score (nSPS) is 10.2. The first kappa shape index (κ1) is 13.0. The quantitative estimate of drug-likeness (QED) is 0.566. The van der Waals surface area contributed by atoms with E-state index in [4.69, 9.17) is 11.5 Å². The molecule has 0 amide bonds. The molecule has 2 rings (SSSR count). The number of nitrogen functional groups attached to an aromatic ring is 2. The van der Waals surface area contributed by atoms with E-state index >= 15 is 0 Å². The smallest absolute Gasteiger partial charge is 0.390 e. The molecule has 12 nitrogen and oxygen atoms in total. The van der Waals surface area contributed by atoms with Crippen LogP contribution in [0.4, 0.5) is 23.0 Å². The second-order valence-electron chi connectivity index (χ2n) is 3.46. The van der Waals surface area contributed by atoms with Gasteiger partial charge in [0, 0.05) is 0 Å². The van der Waals surface area contributed by atoms with Crippen molar-refractivity contribution in [2.45, 2.75) is 0 Å². The van der Waals surface area contributed by atoms with Gasteiger partial charge < -0.3 is 31.7 Å². The second-order valence-corrected chi connectivity index (χ2v) is 3.46. The molecule has 0 aromatic carbocycles. The maximum absolute atomic E-state index is 10.7. The van der Waals surface area contributed by atoms with Crippen LogP contribution in [-0.4, -0.2) is 29.8 Å². The van der Waals surface area contributed by atoms with E-state index < -0.39 is 21.5 Å². The topological polar surface area (TPSA) is 190 Å². The Hall–Kier alpha value is -3.44. The average molecular weight is 278 g/mol. The summed E-state index contributed by atoms with van der Waals surface area (Å²) in [7, 11) is 0. The summed E-state index contributed by atoms with van der Waals surface area (Å²) in [5.74, 6) is -1.82. The zero-order valence-electron chi connectivity index (χ0n) is 9.63. The van der Waals surface area contributed by atoms with Crippen LogP contribution in [-0.2, 0) is 0 Å². The van der Waals surface area contributed by atoms with Crippen LogP contribution in [0, 0.1) is 20.2 Å².